The SMILES string of the molecule is COc1ccc2c(c1)C(C(OC(=O)c1ccccc1)c1ccccc1)=C(C#N)CC2. The Morgan fingerprint density at radius 3 is 2.33 bits per heavy atom. The van der Waals surface area contributed by atoms with Gasteiger partial charge in [0.25, 0.3) is 0 Å². The molecule has 4 heteroatoms. The molecule has 0 fully saturated rings. The van der Waals surface area contributed by atoms with Crippen molar-refractivity contribution in [1.29, 1.82) is 5.26 Å². The monoisotopic (exact) mass is 395 g/mol. The first kappa shape index (κ1) is 19.5. The molecule has 0 spiro atoms. The van der Waals surface area contributed by atoms with E-state index in [0.717, 1.165) is 28.7 Å². The molecule has 0 radical (unpaired) electrons. The number of hydrogen-bond acceptors (Lipinski definition) is 4. The van der Waals surface area contributed by atoms with Gasteiger partial charge >= 0.3 is 5.97 Å². The van der Waals surface area contributed by atoms with Crippen LogP contribution in [0.3, 0.4) is 0 Å². The van der Waals surface area contributed by atoms with Crippen molar-refractivity contribution in [1.82, 2.24) is 0 Å². The minimum absolute atomic E-state index is 0.427. The molecular weight excluding hydrogens is 374 g/mol. The number of carbonyl (C=O) groups is 1. The van der Waals surface area contributed by atoms with E-state index in [2.05, 4.69) is 6.07 Å². The molecule has 4 rings (SSSR count). The standard InChI is InChI=1S/C26H21NO3/c1-29-22-15-14-18-12-13-21(17-27)24(23(18)16-22)25(19-8-4-2-5-9-19)30-26(28)20-10-6-3-7-11-20/h2-11,14-16,25H,12-13H2,1H3. The Labute approximate surface area is 176 Å². The molecule has 1 aliphatic rings. The Morgan fingerprint density at radius 2 is 1.67 bits per heavy atom. The highest BCUT2D eigenvalue weighted by Gasteiger charge is 2.30. The zero-order chi connectivity index (χ0) is 20.9. The molecule has 1 unspecified atom stereocenters. The van der Waals surface area contributed by atoms with Gasteiger partial charge < -0.3 is 9.47 Å². The van der Waals surface area contributed by atoms with E-state index >= 15 is 0 Å². The minimum atomic E-state index is -0.695. The van der Waals surface area contributed by atoms with Crippen LogP contribution in [0.1, 0.15) is 39.6 Å². The maximum absolute atomic E-state index is 12.9. The highest BCUT2D eigenvalue weighted by molar-refractivity contribution is 5.91. The molecule has 0 bridgehead atoms. The number of methoxy groups -OCH3 is 1. The van der Waals surface area contributed by atoms with Gasteiger partial charge in [-0.2, -0.15) is 5.26 Å². The van der Waals surface area contributed by atoms with Crippen molar-refractivity contribution in [3.63, 3.8) is 0 Å². The molecule has 0 N–H and O–H groups in total. The number of benzene rings is 3. The van der Waals surface area contributed by atoms with Crippen molar-refractivity contribution < 1.29 is 14.3 Å². The van der Waals surface area contributed by atoms with Gasteiger partial charge in [0.1, 0.15) is 5.75 Å². The second-order valence-electron chi connectivity index (χ2n) is 7.09. The van der Waals surface area contributed by atoms with Gasteiger partial charge in [-0.1, -0.05) is 54.6 Å². The van der Waals surface area contributed by atoms with Crippen LogP contribution in [-0.4, -0.2) is 13.1 Å². The number of nitrogens with zero attached hydrogens (tertiary/aromatic N) is 1. The summed E-state index contributed by atoms with van der Waals surface area (Å²) in [4.78, 5) is 12.9. The van der Waals surface area contributed by atoms with Gasteiger partial charge in [-0.3, -0.25) is 0 Å². The summed E-state index contributed by atoms with van der Waals surface area (Å²) in [5.74, 6) is 0.274. The molecule has 1 aliphatic carbocycles. The number of esters is 1. The Hall–Kier alpha value is -3.84. The van der Waals surface area contributed by atoms with E-state index in [0.29, 0.717) is 23.3 Å². The van der Waals surface area contributed by atoms with E-state index in [1.54, 1.807) is 31.4 Å². The van der Waals surface area contributed by atoms with Gasteiger partial charge in [0.15, 0.2) is 6.10 Å². The summed E-state index contributed by atoms with van der Waals surface area (Å²) >= 11 is 0. The molecule has 4 nitrogen and oxygen atoms in total. The molecule has 0 aromatic heterocycles. The Bertz CT molecular complexity index is 1130. The predicted octanol–water partition coefficient (Wildman–Crippen LogP) is 5.52. The van der Waals surface area contributed by atoms with E-state index in [9.17, 15) is 10.1 Å². The molecule has 0 amide bonds. The van der Waals surface area contributed by atoms with Gasteiger partial charge in [0.2, 0.25) is 0 Å². The molecule has 148 valence electrons. The predicted molar refractivity (Wildman–Crippen MR) is 115 cm³/mol. The fourth-order valence-electron chi connectivity index (χ4n) is 3.79. The Balaban J connectivity index is 1.85. The average molecular weight is 395 g/mol. The van der Waals surface area contributed by atoms with Gasteiger partial charge in [-0.15, -0.1) is 0 Å². The molecule has 0 saturated carbocycles. The Kier molecular flexibility index (Phi) is 5.63. The summed E-state index contributed by atoms with van der Waals surface area (Å²) in [6, 6.07) is 26.7. The summed E-state index contributed by atoms with van der Waals surface area (Å²) in [7, 11) is 1.61. The zero-order valence-corrected chi connectivity index (χ0v) is 16.7. The summed E-state index contributed by atoms with van der Waals surface area (Å²) < 4.78 is 11.5. The average Bonchev–Trinajstić information content (AvgIpc) is 2.82. The fourth-order valence-corrected chi connectivity index (χ4v) is 3.79. The van der Waals surface area contributed by atoms with Crippen LogP contribution in [0, 0.1) is 11.3 Å². The van der Waals surface area contributed by atoms with Crippen molar-refractivity contribution in [2.45, 2.75) is 18.9 Å². The zero-order valence-electron chi connectivity index (χ0n) is 16.7. The Morgan fingerprint density at radius 1 is 0.967 bits per heavy atom. The van der Waals surface area contributed by atoms with Gasteiger partial charge in [-0.25, -0.2) is 4.79 Å². The van der Waals surface area contributed by atoms with E-state index in [1.807, 2.05) is 54.6 Å². The minimum Gasteiger partial charge on any atom is -0.497 e. The molecule has 1 atom stereocenters. The van der Waals surface area contributed by atoms with E-state index in [1.165, 1.54) is 0 Å². The largest absolute Gasteiger partial charge is 0.497 e. The first-order chi connectivity index (χ1) is 14.7. The van der Waals surface area contributed by atoms with Crippen LogP contribution in [0.25, 0.3) is 5.57 Å². The molecule has 3 aromatic rings. The number of hydrogen-bond donors (Lipinski definition) is 0. The first-order valence-electron chi connectivity index (χ1n) is 9.82. The molecular formula is C26H21NO3. The second-order valence-corrected chi connectivity index (χ2v) is 7.09. The van der Waals surface area contributed by atoms with Crippen molar-refractivity contribution in [3.05, 3.63) is 107 Å². The van der Waals surface area contributed by atoms with Crippen molar-refractivity contribution in [2.75, 3.05) is 7.11 Å². The van der Waals surface area contributed by atoms with E-state index in [-0.39, 0.29) is 0 Å². The van der Waals surface area contributed by atoms with Gasteiger partial charge in [0, 0.05) is 11.1 Å². The van der Waals surface area contributed by atoms with Gasteiger partial charge in [-0.05, 0) is 53.8 Å². The number of ether oxygens (including phenoxy) is 2. The van der Waals surface area contributed by atoms with Gasteiger partial charge in [0.05, 0.1) is 18.7 Å². The van der Waals surface area contributed by atoms with Crippen LogP contribution in [0.15, 0.2) is 84.4 Å². The van der Waals surface area contributed by atoms with Crippen LogP contribution in [-0.2, 0) is 11.2 Å². The number of allylic oxidation sites excluding steroid dienone is 1. The number of fused-ring (bicyclic) bond motifs is 1. The molecule has 0 aliphatic heterocycles. The maximum Gasteiger partial charge on any atom is 0.339 e. The van der Waals surface area contributed by atoms with Crippen LogP contribution in [0.2, 0.25) is 0 Å². The van der Waals surface area contributed by atoms with Crippen LogP contribution < -0.4 is 4.74 Å². The van der Waals surface area contributed by atoms with E-state index < -0.39 is 12.1 Å². The first-order valence-corrected chi connectivity index (χ1v) is 9.82. The van der Waals surface area contributed by atoms with Crippen LogP contribution in [0.4, 0.5) is 0 Å². The van der Waals surface area contributed by atoms with Crippen molar-refractivity contribution in [3.8, 4) is 11.8 Å². The van der Waals surface area contributed by atoms with Crippen LogP contribution >= 0.6 is 0 Å². The third kappa shape index (κ3) is 3.83. The summed E-state index contributed by atoms with van der Waals surface area (Å²) in [6.07, 6.45) is 0.678. The van der Waals surface area contributed by atoms with Crippen LogP contribution in [0.5, 0.6) is 5.75 Å². The lowest BCUT2D eigenvalue weighted by molar-refractivity contribution is 0.0407. The van der Waals surface area contributed by atoms with E-state index in [4.69, 9.17) is 9.47 Å². The van der Waals surface area contributed by atoms with Crippen molar-refractivity contribution in [2.24, 2.45) is 0 Å². The normalized spacial score (nSPS) is 13.7. The summed E-state index contributed by atoms with van der Waals surface area (Å²) in [6.45, 7) is 0. The lowest BCUT2D eigenvalue weighted by Gasteiger charge is -2.28. The third-order valence-corrected chi connectivity index (χ3v) is 5.31. The topological polar surface area (TPSA) is 59.3 Å². The second kappa shape index (κ2) is 8.67. The number of nitriles is 1. The number of aryl methyl sites for hydroxylation is 1. The summed E-state index contributed by atoms with van der Waals surface area (Å²) in [5, 5.41) is 9.88. The van der Waals surface area contributed by atoms with Crippen molar-refractivity contribution >= 4 is 11.5 Å². The molecule has 0 saturated heterocycles. The smallest absolute Gasteiger partial charge is 0.339 e. The summed E-state index contributed by atoms with van der Waals surface area (Å²) in [5.41, 5.74) is 4.66. The lowest BCUT2D eigenvalue weighted by atomic mass is 9.81. The highest BCUT2D eigenvalue weighted by Crippen LogP contribution is 2.43. The molecule has 0 heterocycles. The highest BCUT2D eigenvalue weighted by atomic mass is 16.5. The number of rotatable bonds is 5. The third-order valence-electron chi connectivity index (χ3n) is 5.31. The quantitative estimate of drug-likeness (QED) is 0.534. The molecule has 3 aromatic carbocycles. The molecule has 30 heavy (non-hydrogen) atoms. The maximum atomic E-state index is 12.9. The lowest BCUT2D eigenvalue weighted by Crippen LogP contribution is -2.17. The number of carbonyl (C=O) groups excluding carboxylic acids is 1. The fraction of sp³-hybridized carbons (Fsp3) is 0.154.